The van der Waals surface area contributed by atoms with E-state index in [1.165, 1.54) is 16.6 Å². The SMILES string of the molecule is c1ccc(CCc2cc3cccnc3[nH]2)cc1. The van der Waals surface area contributed by atoms with Crippen LogP contribution in [0.4, 0.5) is 0 Å². The van der Waals surface area contributed by atoms with Gasteiger partial charge in [-0.25, -0.2) is 4.98 Å². The Hall–Kier alpha value is -2.09. The van der Waals surface area contributed by atoms with Gasteiger partial charge in [0.2, 0.25) is 0 Å². The summed E-state index contributed by atoms with van der Waals surface area (Å²) in [4.78, 5) is 7.66. The van der Waals surface area contributed by atoms with Crippen molar-refractivity contribution in [1.82, 2.24) is 9.97 Å². The average molecular weight is 222 g/mol. The number of hydrogen-bond acceptors (Lipinski definition) is 1. The molecule has 0 unspecified atom stereocenters. The van der Waals surface area contributed by atoms with Gasteiger partial charge < -0.3 is 4.98 Å². The molecule has 3 rings (SSSR count). The summed E-state index contributed by atoms with van der Waals surface area (Å²) in [5.74, 6) is 0. The van der Waals surface area contributed by atoms with Crippen molar-refractivity contribution in [2.45, 2.75) is 12.8 Å². The van der Waals surface area contributed by atoms with Crippen LogP contribution >= 0.6 is 0 Å². The maximum Gasteiger partial charge on any atom is 0.137 e. The smallest absolute Gasteiger partial charge is 0.137 e. The van der Waals surface area contributed by atoms with Gasteiger partial charge in [0.1, 0.15) is 5.65 Å². The Labute approximate surface area is 100 Å². The number of aromatic nitrogens is 2. The van der Waals surface area contributed by atoms with Crippen molar-refractivity contribution in [3.05, 3.63) is 66.0 Å². The lowest BCUT2D eigenvalue weighted by Gasteiger charge is -1.98. The fourth-order valence-corrected chi connectivity index (χ4v) is 2.07. The van der Waals surface area contributed by atoms with Crippen molar-refractivity contribution in [3.63, 3.8) is 0 Å². The molecule has 0 bridgehead atoms. The Balaban J connectivity index is 1.77. The van der Waals surface area contributed by atoms with Gasteiger partial charge >= 0.3 is 0 Å². The van der Waals surface area contributed by atoms with Crippen LogP contribution in [0.1, 0.15) is 11.3 Å². The molecule has 0 aliphatic rings. The molecule has 0 atom stereocenters. The van der Waals surface area contributed by atoms with Gasteiger partial charge in [-0.15, -0.1) is 0 Å². The highest BCUT2D eigenvalue weighted by atomic mass is 14.8. The van der Waals surface area contributed by atoms with Gasteiger partial charge in [-0.1, -0.05) is 30.3 Å². The Morgan fingerprint density at radius 2 is 1.82 bits per heavy atom. The van der Waals surface area contributed by atoms with Gasteiger partial charge in [-0.3, -0.25) is 0 Å². The molecule has 0 aliphatic carbocycles. The van der Waals surface area contributed by atoms with Crippen molar-refractivity contribution in [2.75, 3.05) is 0 Å². The van der Waals surface area contributed by atoms with Crippen LogP contribution < -0.4 is 0 Å². The van der Waals surface area contributed by atoms with Crippen molar-refractivity contribution in [1.29, 1.82) is 0 Å². The highest BCUT2D eigenvalue weighted by Gasteiger charge is 2.01. The summed E-state index contributed by atoms with van der Waals surface area (Å²) in [6, 6.07) is 16.8. The highest BCUT2D eigenvalue weighted by Crippen LogP contribution is 2.14. The minimum atomic E-state index is 0.982. The standard InChI is InChI=1S/C15H14N2/c1-2-5-12(6-3-1)8-9-14-11-13-7-4-10-16-15(13)17-14/h1-7,10-11H,8-9H2,(H,16,17). The van der Waals surface area contributed by atoms with Crippen LogP contribution in [0.15, 0.2) is 54.7 Å². The summed E-state index contributed by atoms with van der Waals surface area (Å²) in [6.45, 7) is 0. The van der Waals surface area contributed by atoms with Crippen LogP contribution in [0.2, 0.25) is 0 Å². The maximum absolute atomic E-state index is 4.30. The number of aromatic amines is 1. The number of H-pyrrole nitrogens is 1. The molecule has 0 spiro atoms. The van der Waals surface area contributed by atoms with E-state index in [1.807, 2.05) is 12.3 Å². The second-order valence-corrected chi connectivity index (χ2v) is 4.22. The molecular formula is C15H14N2. The first-order valence-corrected chi connectivity index (χ1v) is 5.88. The molecule has 0 saturated heterocycles. The molecule has 3 aromatic rings. The van der Waals surface area contributed by atoms with Crippen LogP contribution in [-0.2, 0) is 12.8 Å². The van der Waals surface area contributed by atoms with E-state index in [-0.39, 0.29) is 0 Å². The zero-order valence-electron chi connectivity index (χ0n) is 9.56. The molecule has 0 fully saturated rings. The lowest BCUT2D eigenvalue weighted by molar-refractivity contribution is 0.928. The van der Waals surface area contributed by atoms with Crippen LogP contribution in [0.25, 0.3) is 11.0 Å². The largest absolute Gasteiger partial charge is 0.343 e. The lowest BCUT2D eigenvalue weighted by atomic mass is 10.1. The average Bonchev–Trinajstić information content (AvgIpc) is 2.80. The zero-order chi connectivity index (χ0) is 11.5. The molecule has 1 aromatic carbocycles. The second kappa shape index (κ2) is 4.42. The van der Waals surface area contributed by atoms with Gasteiger partial charge in [0.25, 0.3) is 0 Å². The number of benzene rings is 1. The Morgan fingerprint density at radius 3 is 2.65 bits per heavy atom. The van der Waals surface area contributed by atoms with Crippen molar-refractivity contribution >= 4 is 11.0 Å². The normalized spacial score (nSPS) is 10.8. The van der Waals surface area contributed by atoms with Crippen molar-refractivity contribution in [3.8, 4) is 0 Å². The number of pyridine rings is 1. The van der Waals surface area contributed by atoms with Crippen LogP contribution in [0.3, 0.4) is 0 Å². The number of nitrogens with one attached hydrogen (secondary N) is 1. The maximum atomic E-state index is 4.30. The first-order chi connectivity index (χ1) is 8.42. The Morgan fingerprint density at radius 1 is 0.941 bits per heavy atom. The van der Waals surface area contributed by atoms with E-state index in [2.05, 4.69) is 52.4 Å². The second-order valence-electron chi connectivity index (χ2n) is 4.22. The van der Waals surface area contributed by atoms with Gasteiger partial charge in [0, 0.05) is 17.3 Å². The number of rotatable bonds is 3. The minimum Gasteiger partial charge on any atom is -0.343 e. The third kappa shape index (κ3) is 2.21. The molecule has 0 saturated carbocycles. The third-order valence-corrected chi connectivity index (χ3v) is 2.97. The molecular weight excluding hydrogens is 208 g/mol. The highest BCUT2D eigenvalue weighted by molar-refractivity contribution is 5.76. The van der Waals surface area contributed by atoms with E-state index in [1.54, 1.807) is 0 Å². The fourth-order valence-electron chi connectivity index (χ4n) is 2.07. The topological polar surface area (TPSA) is 28.7 Å². The number of nitrogens with zero attached hydrogens (tertiary/aromatic N) is 1. The quantitative estimate of drug-likeness (QED) is 0.723. The van der Waals surface area contributed by atoms with Gasteiger partial charge in [-0.05, 0) is 36.6 Å². The molecule has 0 radical (unpaired) electrons. The van der Waals surface area contributed by atoms with E-state index in [0.717, 1.165) is 18.5 Å². The predicted molar refractivity (Wildman–Crippen MR) is 69.9 cm³/mol. The van der Waals surface area contributed by atoms with Crippen molar-refractivity contribution < 1.29 is 0 Å². The summed E-state index contributed by atoms with van der Waals surface area (Å²) in [6.07, 6.45) is 3.91. The molecule has 2 heterocycles. The molecule has 84 valence electrons. The summed E-state index contributed by atoms with van der Waals surface area (Å²) in [7, 11) is 0. The lowest BCUT2D eigenvalue weighted by Crippen LogP contribution is -1.90. The first-order valence-electron chi connectivity index (χ1n) is 5.88. The van der Waals surface area contributed by atoms with Crippen LogP contribution in [0.5, 0.6) is 0 Å². The van der Waals surface area contributed by atoms with Gasteiger partial charge in [0.15, 0.2) is 0 Å². The summed E-state index contributed by atoms with van der Waals surface area (Å²) >= 11 is 0. The molecule has 0 aliphatic heterocycles. The predicted octanol–water partition coefficient (Wildman–Crippen LogP) is 3.35. The minimum absolute atomic E-state index is 0.982. The zero-order valence-corrected chi connectivity index (χ0v) is 9.56. The number of aryl methyl sites for hydroxylation is 2. The number of hydrogen-bond donors (Lipinski definition) is 1. The van der Waals surface area contributed by atoms with E-state index in [0.29, 0.717) is 0 Å². The molecule has 2 nitrogen and oxygen atoms in total. The Bertz CT molecular complexity index is 578. The molecule has 1 N–H and O–H groups in total. The van der Waals surface area contributed by atoms with Crippen molar-refractivity contribution in [2.24, 2.45) is 0 Å². The first kappa shape index (κ1) is 10.1. The summed E-state index contributed by atoms with van der Waals surface area (Å²) in [5.41, 5.74) is 3.61. The van der Waals surface area contributed by atoms with Gasteiger partial charge in [0.05, 0.1) is 0 Å². The molecule has 2 heteroatoms. The summed E-state index contributed by atoms with van der Waals surface area (Å²) in [5, 5.41) is 1.19. The van der Waals surface area contributed by atoms with E-state index >= 15 is 0 Å². The van der Waals surface area contributed by atoms with Gasteiger partial charge in [-0.2, -0.15) is 0 Å². The summed E-state index contributed by atoms with van der Waals surface area (Å²) < 4.78 is 0. The third-order valence-electron chi connectivity index (χ3n) is 2.97. The van der Waals surface area contributed by atoms with Crippen LogP contribution in [-0.4, -0.2) is 9.97 Å². The van der Waals surface area contributed by atoms with E-state index < -0.39 is 0 Å². The molecule has 17 heavy (non-hydrogen) atoms. The number of fused-ring (bicyclic) bond motifs is 1. The van der Waals surface area contributed by atoms with Crippen LogP contribution in [0, 0.1) is 0 Å². The molecule has 0 amide bonds. The molecule has 2 aromatic heterocycles. The van der Waals surface area contributed by atoms with E-state index in [9.17, 15) is 0 Å². The van der Waals surface area contributed by atoms with E-state index in [4.69, 9.17) is 0 Å². The Kier molecular flexibility index (Phi) is 2.62. The fraction of sp³-hybridized carbons (Fsp3) is 0.133. The monoisotopic (exact) mass is 222 g/mol.